The summed E-state index contributed by atoms with van der Waals surface area (Å²) in [6.45, 7) is 4.57. The number of fused-ring (bicyclic) bond motifs is 1. The third-order valence-corrected chi connectivity index (χ3v) is 6.00. The number of benzene rings is 2. The number of hydrogen-bond donors (Lipinski definition) is 2. The van der Waals surface area contributed by atoms with Crippen molar-refractivity contribution in [2.45, 2.75) is 32.1 Å². The second-order valence-corrected chi connectivity index (χ2v) is 8.30. The summed E-state index contributed by atoms with van der Waals surface area (Å²) in [7, 11) is 0. The zero-order valence-corrected chi connectivity index (χ0v) is 17.8. The Morgan fingerprint density at radius 3 is 2.65 bits per heavy atom. The van der Waals surface area contributed by atoms with E-state index in [1.54, 1.807) is 0 Å². The fourth-order valence-corrected chi connectivity index (χ4v) is 4.29. The average Bonchev–Trinajstić information content (AvgIpc) is 3.47. The van der Waals surface area contributed by atoms with Gasteiger partial charge in [-0.3, -0.25) is 0 Å². The van der Waals surface area contributed by atoms with E-state index < -0.39 is 0 Å². The molecule has 1 aliphatic rings. The van der Waals surface area contributed by atoms with Crippen LogP contribution in [0.3, 0.4) is 0 Å². The van der Waals surface area contributed by atoms with E-state index in [0.29, 0.717) is 11.9 Å². The van der Waals surface area contributed by atoms with Gasteiger partial charge in [0.15, 0.2) is 0 Å². The SMILES string of the molecule is c1ccc(-c2cc3cc(-c4nnc(NCCCCN5CCCCC5)o4)ccc3[nH]2)cc1. The van der Waals surface area contributed by atoms with Crippen molar-refractivity contribution in [2.24, 2.45) is 0 Å². The first-order valence-electron chi connectivity index (χ1n) is 11.3. The Bertz CT molecular complexity index is 1110. The minimum Gasteiger partial charge on any atom is -0.403 e. The first-order chi connectivity index (χ1) is 15.3. The zero-order valence-electron chi connectivity index (χ0n) is 17.8. The molecule has 5 rings (SSSR count). The van der Waals surface area contributed by atoms with Gasteiger partial charge in [0.25, 0.3) is 0 Å². The van der Waals surface area contributed by atoms with Crippen LogP contribution < -0.4 is 5.32 Å². The Kier molecular flexibility index (Phi) is 5.98. The Hall–Kier alpha value is -3.12. The largest absolute Gasteiger partial charge is 0.403 e. The van der Waals surface area contributed by atoms with Crippen LogP contribution in [0.15, 0.2) is 59.0 Å². The second kappa shape index (κ2) is 9.35. The standard InChI is InChI=1S/C25H29N5O/c1-3-9-19(10-4-1)23-18-21-17-20(11-12-22(21)27-23)24-28-29-25(31-24)26-13-5-8-16-30-14-6-2-7-15-30/h1,3-4,9-12,17-18,27H,2,5-8,13-16H2,(H,26,29). The molecular weight excluding hydrogens is 386 g/mol. The lowest BCUT2D eigenvalue weighted by Crippen LogP contribution is -2.30. The highest BCUT2D eigenvalue weighted by Gasteiger charge is 2.11. The van der Waals surface area contributed by atoms with Gasteiger partial charge in [0.1, 0.15) is 0 Å². The van der Waals surface area contributed by atoms with Crippen molar-refractivity contribution >= 4 is 16.9 Å². The molecule has 1 aliphatic heterocycles. The Balaban J connectivity index is 1.18. The number of aromatic nitrogens is 3. The summed E-state index contributed by atoms with van der Waals surface area (Å²) < 4.78 is 5.85. The molecule has 6 nitrogen and oxygen atoms in total. The van der Waals surface area contributed by atoms with Crippen molar-refractivity contribution in [3.63, 3.8) is 0 Å². The van der Waals surface area contributed by atoms with Gasteiger partial charge in [-0.2, -0.15) is 0 Å². The van der Waals surface area contributed by atoms with Crippen molar-refractivity contribution < 1.29 is 4.42 Å². The maximum atomic E-state index is 5.85. The van der Waals surface area contributed by atoms with Crippen LogP contribution in [0.1, 0.15) is 32.1 Å². The van der Waals surface area contributed by atoms with Crippen LogP contribution in [0.2, 0.25) is 0 Å². The first-order valence-corrected chi connectivity index (χ1v) is 11.3. The predicted molar refractivity (Wildman–Crippen MR) is 125 cm³/mol. The average molecular weight is 416 g/mol. The number of unbranched alkanes of at least 4 members (excludes halogenated alkanes) is 1. The lowest BCUT2D eigenvalue weighted by atomic mass is 10.1. The zero-order chi connectivity index (χ0) is 20.9. The molecule has 1 saturated heterocycles. The summed E-state index contributed by atoms with van der Waals surface area (Å²) in [5.74, 6) is 0.542. The summed E-state index contributed by atoms with van der Waals surface area (Å²) in [5.41, 5.74) is 4.29. The highest BCUT2D eigenvalue weighted by Crippen LogP contribution is 2.28. The van der Waals surface area contributed by atoms with Gasteiger partial charge in [0, 0.05) is 28.7 Å². The summed E-state index contributed by atoms with van der Waals surface area (Å²) >= 11 is 0. The third kappa shape index (κ3) is 4.80. The third-order valence-electron chi connectivity index (χ3n) is 6.00. The van der Waals surface area contributed by atoms with Crippen molar-refractivity contribution in [3.8, 4) is 22.7 Å². The summed E-state index contributed by atoms with van der Waals surface area (Å²) in [4.78, 5) is 6.05. The molecule has 2 aromatic carbocycles. The van der Waals surface area contributed by atoms with E-state index >= 15 is 0 Å². The van der Waals surface area contributed by atoms with Crippen LogP contribution in [-0.4, -0.2) is 46.3 Å². The van der Waals surface area contributed by atoms with Gasteiger partial charge in [-0.15, -0.1) is 5.10 Å². The molecule has 2 N–H and O–H groups in total. The topological polar surface area (TPSA) is 70.0 Å². The maximum Gasteiger partial charge on any atom is 0.315 e. The Morgan fingerprint density at radius 1 is 0.903 bits per heavy atom. The van der Waals surface area contributed by atoms with Crippen molar-refractivity contribution in [1.29, 1.82) is 0 Å². The number of anilines is 1. The molecule has 2 aromatic heterocycles. The van der Waals surface area contributed by atoms with E-state index in [1.165, 1.54) is 50.9 Å². The highest BCUT2D eigenvalue weighted by molar-refractivity contribution is 5.88. The number of H-pyrrole nitrogens is 1. The van der Waals surface area contributed by atoms with Gasteiger partial charge in [0.2, 0.25) is 5.89 Å². The van der Waals surface area contributed by atoms with E-state index in [0.717, 1.165) is 35.1 Å². The number of rotatable bonds is 8. The van der Waals surface area contributed by atoms with Gasteiger partial charge in [-0.25, -0.2) is 0 Å². The van der Waals surface area contributed by atoms with Crippen LogP contribution in [0.5, 0.6) is 0 Å². The van der Waals surface area contributed by atoms with E-state index in [4.69, 9.17) is 4.42 Å². The molecule has 0 unspecified atom stereocenters. The fraction of sp³-hybridized carbons (Fsp3) is 0.360. The molecule has 6 heteroatoms. The van der Waals surface area contributed by atoms with Gasteiger partial charge < -0.3 is 19.6 Å². The molecule has 31 heavy (non-hydrogen) atoms. The van der Waals surface area contributed by atoms with E-state index in [2.05, 4.69) is 55.7 Å². The molecule has 0 aliphatic carbocycles. The summed E-state index contributed by atoms with van der Waals surface area (Å²) in [5, 5.41) is 12.8. The lowest BCUT2D eigenvalue weighted by Gasteiger charge is -2.26. The molecule has 0 bridgehead atoms. The van der Waals surface area contributed by atoms with Crippen LogP contribution in [0.4, 0.5) is 6.01 Å². The van der Waals surface area contributed by atoms with Crippen molar-refractivity contribution in [1.82, 2.24) is 20.1 Å². The summed E-state index contributed by atoms with van der Waals surface area (Å²) in [6, 6.07) is 19.2. The molecule has 3 heterocycles. The van der Waals surface area contributed by atoms with E-state index in [9.17, 15) is 0 Å². The predicted octanol–water partition coefficient (Wildman–Crippen LogP) is 5.56. The molecular formula is C25H29N5O. The normalized spacial score (nSPS) is 14.8. The summed E-state index contributed by atoms with van der Waals surface area (Å²) in [6.07, 6.45) is 6.40. The number of nitrogens with zero attached hydrogens (tertiary/aromatic N) is 3. The molecule has 1 fully saturated rings. The Labute approximate surface area is 182 Å². The number of hydrogen-bond acceptors (Lipinski definition) is 5. The molecule has 0 amide bonds. The first kappa shape index (κ1) is 19.8. The minimum absolute atomic E-state index is 0.493. The van der Waals surface area contributed by atoms with E-state index in [-0.39, 0.29) is 0 Å². The fourth-order valence-electron chi connectivity index (χ4n) is 4.29. The lowest BCUT2D eigenvalue weighted by molar-refractivity contribution is 0.225. The van der Waals surface area contributed by atoms with Gasteiger partial charge in [0.05, 0.1) is 0 Å². The van der Waals surface area contributed by atoms with Crippen molar-refractivity contribution in [3.05, 3.63) is 54.6 Å². The quantitative estimate of drug-likeness (QED) is 0.369. The molecule has 4 aromatic rings. The number of aromatic amines is 1. The molecule has 0 radical (unpaired) electrons. The molecule has 0 atom stereocenters. The van der Waals surface area contributed by atoms with Crippen LogP contribution in [-0.2, 0) is 0 Å². The van der Waals surface area contributed by atoms with E-state index in [1.807, 2.05) is 24.3 Å². The number of piperidine rings is 1. The molecule has 0 spiro atoms. The van der Waals surface area contributed by atoms with Crippen LogP contribution in [0, 0.1) is 0 Å². The van der Waals surface area contributed by atoms with Crippen molar-refractivity contribution in [2.75, 3.05) is 31.5 Å². The van der Waals surface area contributed by atoms with Gasteiger partial charge in [-0.1, -0.05) is 41.9 Å². The smallest absolute Gasteiger partial charge is 0.315 e. The Morgan fingerprint density at radius 2 is 1.77 bits per heavy atom. The van der Waals surface area contributed by atoms with Gasteiger partial charge in [-0.05, 0) is 75.1 Å². The highest BCUT2D eigenvalue weighted by atomic mass is 16.4. The van der Waals surface area contributed by atoms with Crippen LogP contribution >= 0.6 is 0 Å². The molecule has 0 saturated carbocycles. The number of likely N-dealkylation sites (tertiary alicyclic amines) is 1. The number of nitrogens with one attached hydrogen (secondary N) is 2. The second-order valence-electron chi connectivity index (χ2n) is 8.30. The monoisotopic (exact) mass is 415 g/mol. The molecule has 160 valence electrons. The van der Waals surface area contributed by atoms with Gasteiger partial charge >= 0.3 is 6.01 Å². The minimum atomic E-state index is 0.493. The maximum absolute atomic E-state index is 5.85. The van der Waals surface area contributed by atoms with Crippen LogP contribution in [0.25, 0.3) is 33.6 Å².